The number of oxime groups is 1. The van der Waals surface area contributed by atoms with Gasteiger partial charge in [0.2, 0.25) is 0 Å². The lowest BCUT2D eigenvalue weighted by atomic mass is 10.1. The molecule has 1 N–H and O–H groups in total. The van der Waals surface area contributed by atoms with Crippen molar-refractivity contribution in [3.05, 3.63) is 29.1 Å². The number of benzene rings is 1. The van der Waals surface area contributed by atoms with Crippen molar-refractivity contribution in [1.29, 1.82) is 0 Å². The number of halogens is 1. The number of rotatable bonds is 3. The van der Waals surface area contributed by atoms with Crippen LogP contribution in [0.1, 0.15) is 24.0 Å². The van der Waals surface area contributed by atoms with Gasteiger partial charge in [-0.15, -0.1) is 0 Å². The smallest absolute Gasteiger partial charge is 0.165 e. The second-order valence-corrected chi connectivity index (χ2v) is 3.72. The molecule has 2 rings (SSSR count). The molecule has 1 aliphatic carbocycles. The Morgan fingerprint density at radius 2 is 2.27 bits per heavy atom. The lowest BCUT2D eigenvalue weighted by molar-refractivity contribution is 0.130. The molecular formula is C11H12FNO2. The molecule has 0 unspecified atom stereocenters. The fraction of sp³-hybridized carbons (Fsp3) is 0.364. The van der Waals surface area contributed by atoms with E-state index in [4.69, 9.17) is 4.84 Å². The average Bonchev–Trinajstić information content (AvgIpc) is 2.97. The molecule has 1 saturated carbocycles. The van der Waals surface area contributed by atoms with Gasteiger partial charge in [0.05, 0.1) is 6.21 Å². The minimum absolute atomic E-state index is 0.207. The first-order valence-corrected chi connectivity index (χ1v) is 4.85. The third-order valence-electron chi connectivity index (χ3n) is 2.16. The first-order chi connectivity index (χ1) is 7.16. The van der Waals surface area contributed by atoms with Crippen LogP contribution in [0.3, 0.4) is 0 Å². The molecule has 0 saturated heterocycles. The molecule has 80 valence electrons. The monoisotopic (exact) mass is 209 g/mol. The largest absolute Gasteiger partial charge is 0.504 e. The molecule has 0 radical (unpaired) electrons. The van der Waals surface area contributed by atoms with Gasteiger partial charge in [0.1, 0.15) is 6.10 Å². The van der Waals surface area contributed by atoms with E-state index in [2.05, 4.69) is 5.16 Å². The van der Waals surface area contributed by atoms with E-state index >= 15 is 0 Å². The Balaban J connectivity index is 2.14. The quantitative estimate of drug-likeness (QED) is 0.613. The molecule has 0 aromatic heterocycles. The summed E-state index contributed by atoms with van der Waals surface area (Å²) in [4.78, 5) is 5.03. The van der Waals surface area contributed by atoms with Gasteiger partial charge in [0, 0.05) is 5.56 Å². The second-order valence-electron chi connectivity index (χ2n) is 3.72. The fourth-order valence-corrected chi connectivity index (χ4v) is 1.21. The van der Waals surface area contributed by atoms with Gasteiger partial charge in [0.25, 0.3) is 0 Å². The van der Waals surface area contributed by atoms with Crippen LogP contribution in [0.25, 0.3) is 0 Å². The zero-order valence-electron chi connectivity index (χ0n) is 8.40. The normalized spacial score (nSPS) is 15.9. The van der Waals surface area contributed by atoms with E-state index < -0.39 is 5.82 Å². The molecule has 15 heavy (non-hydrogen) atoms. The molecule has 1 fully saturated rings. The third kappa shape index (κ3) is 2.46. The highest BCUT2D eigenvalue weighted by Gasteiger charge is 2.23. The van der Waals surface area contributed by atoms with Crippen molar-refractivity contribution in [3.63, 3.8) is 0 Å². The highest BCUT2D eigenvalue weighted by Crippen LogP contribution is 2.24. The van der Waals surface area contributed by atoms with Crippen molar-refractivity contribution in [2.24, 2.45) is 5.16 Å². The predicted octanol–water partition coefficient (Wildman–Crippen LogP) is 2.35. The Hall–Kier alpha value is -1.58. The first kappa shape index (κ1) is 9.96. The van der Waals surface area contributed by atoms with E-state index in [9.17, 15) is 9.50 Å². The Labute approximate surface area is 87.2 Å². The highest BCUT2D eigenvalue weighted by atomic mass is 19.1. The molecule has 0 heterocycles. The summed E-state index contributed by atoms with van der Waals surface area (Å²) in [5.74, 6) is -1.02. The van der Waals surface area contributed by atoms with E-state index in [0.29, 0.717) is 5.56 Å². The van der Waals surface area contributed by atoms with Crippen LogP contribution in [0, 0.1) is 12.7 Å². The van der Waals surface area contributed by atoms with Crippen LogP contribution in [0.4, 0.5) is 4.39 Å². The van der Waals surface area contributed by atoms with E-state index in [1.165, 1.54) is 12.3 Å². The van der Waals surface area contributed by atoms with Gasteiger partial charge < -0.3 is 9.94 Å². The summed E-state index contributed by atoms with van der Waals surface area (Å²) in [6.07, 6.45) is 3.58. The maximum Gasteiger partial charge on any atom is 0.165 e. The number of hydrogen-bond acceptors (Lipinski definition) is 3. The van der Waals surface area contributed by atoms with Crippen molar-refractivity contribution in [1.82, 2.24) is 0 Å². The molecule has 3 nitrogen and oxygen atoms in total. The van der Waals surface area contributed by atoms with Crippen LogP contribution in [0.5, 0.6) is 5.75 Å². The number of aromatic hydroxyl groups is 1. The van der Waals surface area contributed by atoms with E-state index in [1.54, 1.807) is 13.0 Å². The number of hydrogen-bond donors (Lipinski definition) is 1. The van der Waals surface area contributed by atoms with Gasteiger partial charge in [-0.25, -0.2) is 4.39 Å². The maximum absolute atomic E-state index is 13.1. The SMILES string of the molecule is Cc1cc(F)c(O)c(/C=N/OC2CC2)c1. The summed E-state index contributed by atoms with van der Waals surface area (Å²) in [6, 6.07) is 2.92. The summed E-state index contributed by atoms with van der Waals surface area (Å²) in [6.45, 7) is 1.75. The third-order valence-corrected chi connectivity index (χ3v) is 2.16. The predicted molar refractivity (Wildman–Crippen MR) is 54.5 cm³/mol. The van der Waals surface area contributed by atoms with Crippen molar-refractivity contribution in [2.45, 2.75) is 25.9 Å². The molecule has 1 aromatic rings. The van der Waals surface area contributed by atoms with E-state index in [-0.39, 0.29) is 11.9 Å². The Morgan fingerprint density at radius 3 is 2.93 bits per heavy atom. The minimum atomic E-state index is -0.636. The topological polar surface area (TPSA) is 41.8 Å². The van der Waals surface area contributed by atoms with Gasteiger partial charge in [-0.1, -0.05) is 5.16 Å². The van der Waals surface area contributed by atoms with E-state index in [1.807, 2.05) is 0 Å². The van der Waals surface area contributed by atoms with Gasteiger partial charge in [-0.05, 0) is 37.5 Å². The van der Waals surface area contributed by atoms with Crippen molar-refractivity contribution in [3.8, 4) is 5.75 Å². The van der Waals surface area contributed by atoms with Crippen LogP contribution < -0.4 is 0 Å². The molecule has 1 aromatic carbocycles. The summed E-state index contributed by atoms with van der Waals surface area (Å²) in [7, 11) is 0. The second kappa shape index (κ2) is 3.88. The fourth-order valence-electron chi connectivity index (χ4n) is 1.21. The lowest BCUT2D eigenvalue weighted by Crippen LogP contribution is -1.91. The van der Waals surface area contributed by atoms with Gasteiger partial charge in [0.15, 0.2) is 11.6 Å². The van der Waals surface area contributed by atoms with Crippen molar-refractivity contribution >= 4 is 6.21 Å². The van der Waals surface area contributed by atoms with Crippen molar-refractivity contribution in [2.75, 3.05) is 0 Å². The van der Waals surface area contributed by atoms with Crippen molar-refractivity contribution < 1.29 is 14.3 Å². The summed E-state index contributed by atoms with van der Waals surface area (Å²) >= 11 is 0. The molecule has 0 amide bonds. The highest BCUT2D eigenvalue weighted by molar-refractivity contribution is 5.83. The van der Waals surface area contributed by atoms with Crippen LogP contribution in [0.15, 0.2) is 17.3 Å². The van der Waals surface area contributed by atoms with Gasteiger partial charge in [-0.2, -0.15) is 0 Å². The van der Waals surface area contributed by atoms with E-state index in [0.717, 1.165) is 18.4 Å². The molecule has 1 aliphatic rings. The lowest BCUT2D eigenvalue weighted by Gasteiger charge is -2.02. The molecule has 0 spiro atoms. The standard InChI is InChI=1S/C11H12FNO2/c1-7-4-8(11(14)10(12)5-7)6-13-15-9-2-3-9/h4-6,9,14H,2-3H2,1H3/b13-6+. The van der Waals surface area contributed by atoms with Gasteiger partial charge >= 0.3 is 0 Å². The Bertz CT molecular complexity index is 400. The molecular weight excluding hydrogens is 197 g/mol. The molecule has 0 atom stereocenters. The minimum Gasteiger partial charge on any atom is -0.504 e. The summed E-state index contributed by atoms with van der Waals surface area (Å²) < 4.78 is 13.1. The maximum atomic E-state index is 13.1. The molecule has 4 heteroatoms. The Morgan fingerprint density at radius 1 is 1.53 bits per heavy atom. The zero-order valence-corrected chi connectivity index (χ0v) is 8.40. The first-order valence-electron chi connectivity index (χ1n) is 4.85. The van der Waals surface area contributed by atoms with Crippen LogP contribution in [-0.2, 0) is 4.84 Å². The molecule has 0 bridgehead atoms. The zero-order chi connectivity index (χ0) is 10.8. The number of phenolic OH excluding ortho intramolecular Hbond substituents is 1. The average molecular weight is 209 g/mol. The van der Waals surface area contributed by atoms with Gasteiger partial charge in [-0.3, -0.25) is 0 Å². The number of nitrogens with zero attached hydrogens (tertiary/aromatic N) is 1. The number of aryl methyl sites for hydroxylation is 1. The Kier molecular flexibility index (Phi) is 2.58. The summed E-state index contributed by atoms with van der Waals surface area (Å²) in [5.41, 5.74) is 1.08. The number of phenols is 1. The van der Waals surface area contributed by atoms with Crippen LogP contribution in [-0.4, -0.2) is 17.4 Å². The molecule has 0 aliphatic heterocycles. The summed E-state index contributed by atoms with van der Waals surface area (Å²) in [5, 5.41) is 13.1. The van der Waals surface area contributed by atoms with Crippen LogP contribution in [0.2, 0.25) is 0 Å². The van der Waals surface area contributed by atoms with Crippen LogP contribution >= 0.6 is 0 Å².